The van der Waals surface area contributed by atoms with Gasteiger partial charge in [-0.25, -0.2) is 0 Å². The van der Waals surface area contributed by atoms with Gasteiger partial charge in [-0.15, -0.1) is 0 Å². The predicted octanol–water partition coefficient (Wildman–Crippen LogP) is 3.77. The summed E-state index contributed by atoms with van der Waals surface area (Å²) >= 11 is 0. The fourth-order valence-electron chi connectivity index (χ4n) is 2.84. The van der Waals surface area contributed by atoms with E-state index in [1.165, 1.54) is 23.3 Å². The predicted molar refractivity (Wildman–Crippen MR) is 83.2 cm³/mol. The van der Waals surface area contributed by atoms with E-state index in [9.17, 15) is 4.79 Å². The Labute approximate surface area is 121 Å². The minimum absolute atomic E-state index is 0.568. The van der Waals surface area contributed by atoms with E-state index < -0.39 is 0 Å². The van der Waals surface area contributed by atoms with Gasteiger partial charge in [0.15, 0.2) is 6.29 Å². The smallest absolute Gasteiger partial charge is 0.166 e. The van der Waals surface area contributed by atoms with Crippen LogP contribution in [0.1, 0.15) is 60.8 Å². The zero-order chi connectivity index (χ0) is 15.0. The number of aromatic nitrogens is 1. The lowest BCUT2D eigenvalue weighted by Gasteiger charge is -2.10. The molecular formula is C17H25NO2. The number of H-pyrrole nitrogens is 1. The first-order chi connectivity index (χ1) is 9.78. The van der Waals surface area contributed by atoms with Crippen LogP contribution in [0.15, 0.2) is 29.9 Å². The lowest BCUT2D eigenvalue weighted by Crippen LogP contribution is -1.94. The van der Waals surface area contributed by atoms with Gasteiger partial charge < -0.3 is 10.1 Å². The quantitative estimate of drug-likeness (QED) is 0.635. The lowest BCUT2D eigenvalue weighted by atomic mass is 9.94. The largest absolute Gasteiger partial charge is 0.400 e. The molecule has 110 valence electrons. The van der Waals surface area contributed by atoms with E-state index in [-0.39, 0.29) is 0 Å². The Hall–Kier alpha value is -1.61. The number of fused-ring (bicyclic) bond motifs is 1. The van der Waals surface area contributed by atoms with Gasteiger partial charge in [0.05, 0.1) is 5.69 Å². The van der Waals surface area contributed by atoms with Crippen LogP contribution in [0.4, 0.5) is 0 Å². The van der Waals surface area contributed by atoms with Crippen LogP contribution in [-0.2, 0) is 6.42 Å². The number of carbonyl (C=O) groups excluding carboxylic acids is 1. The highest BCUT2D eigenvalue weighted by molar-refractivity contribution is 5.73. The Morgan fingerprint density at radius 3 is 2.85 bits per heavy atom. The maximum absolute atomic E-state index is 10.8. The summed E-state index contributed by atoms with van der Waals surface area (Å²) in [4.78, 5) is 14.0. The SMILES string of the molecule is C/C=C\C(=C/CC)CC1CCc2[nH]c(C=O)cc21.CO. The molecule has 0 bridgehead atoms. The summed E-state index contributed by atoms with van der Waals surface area (Å²) in [5.41, 5.74) is 4.74. The molecule has 1 aliphatic carbocycles. The van der Waals surface area contributed by atoms with Crippen molar-refractivity contribution in [3.63, 3.8) is 0 Å². The molecule has 1 atom stereocenters. The standard InChI is InChI=1S/C16H21NO.CH4O/c1-3-5-12(6-4-2)9-13-7-8-16-15(13)10-14(11-18)17-16;1-2/h3,5-6,10-11,13,17H,4,7-9H2,1-2H3;2H,1H3/b5-3-,12-6+;. The van der Waals surface area contributed by atoms with Crippen LogP contribution in [0.2, 0.25) is 0 Å². The van der Waals surface area contributed by atoms with Crippen molar-refractivity contribution in [1.82, 2.24) is 4.98 Å². The van der Waals surface area contributed by atoms with Gasteiger partial charge >= 0.3 is 0 Å². The maximum Gasteiger partial charge on any atom is 0.166 e. The second kappa shape index (κ2) is 8.54. The number of allylic oxidation sites excluding steroid dienone is 4. The Balaban J connectivity index is 0.000000956. The molecule has 0 saturated carbocycles. The number of hydrogen-bond acceptors (Lipinski definition) is 2. The Kier molecular flexibility index (Phi) is 7.02. The van der Waals surface area contributed by atoms with Crippen molar-refractivity contribution in [2.45, 2.75) is 45.4 Å². The molecule has 1 unspecified atom stereocenters. The van der Waals surface area contributed by atoms with Crippen LogP contribution in [-0.4, -0.2) is 23.5 Å². The van der Waals surface area contributed by atoms with Crippen molar-refractivity contribution in [2.75, 3.05) is 7.11 Å². The van der Waals surface area contributed by atoms with Crippen molar-refractivity contribution in [3.8, 4) is 0 Å². The van der Waals surface area contributed by atoms with Crippen molar-refractivity contribution in [3.05, 3.63) is 46.8 Å². The first kappa shape index (κ1) is 16.4. The van der Waals surface area contributed by atoms with E-state index in [1.54, 1.807) is 0 Å². The third-order valence-electron chi connectivity index (χ3n) is 3.59. The Morgan fingerprint density at radius 2 is 2.25 bits per heavy atom. The highest BCUT2D eigenvalue weighted by Crippen LogP contribution is 2.37. The molecule has 3 heteroatoms. The van der Waals surface area contributed by atoms with Gasteiger partial charge in [0.1, 0.15) is 0 Å². The number of aliphatic hydroxyl groups is 1. The highest BCUT2D eigenvalue weighted by Gasteiger charge is 2.25. The van der Waals surface area contributed by atoms with Crippen LogP contribution in [0, 0.1) is 0 Å². The molecule has 2 N–H and O–H groups in total. The molecule has 0 amide bonds. The molecule has 0 fully saturated rings. The van der Waals surface area contributed by atoms with Crippen molar-refractivity contribution >= 4 is 6.29 Å². The number of aryl methyl sites for hydroxylation is 1. The normalized spacial score (nSPS) is 17.8. The number of rotatable bonds is 5. The Morgan fingerprint density at radius 1 is 1.50 bits per heavy atom. The van der Waals surface area contributed by atoms with Gasteiger partial charge in [0.2, 0.25) is 0 Å². The summed E-state index contributed by atoms with van der Waals surface area (Å²) in [6, 6.07) is 2.03. The van der Waals surface area contributed by atoms with Crippen LogP contribution in [0.25, 0.3) is 0 Å². The number of nitrogens with one attached hydrogen (secondary N) is 1. The summed E-state index contributed by atoms with van der Waals surface area (Å²) < 4.78 is 0. The number of aldehydes is 1. The van der Waals surface area contributed by atoms with Gasteiger partial charge in [-0.05, 0) is 50.2 Å². The van der Waals surface area contributed by atoms with Crippen LogP contribution in [0.3, 0.4) is 0 Å². The molecule has 0 radical (unpaired) electrons. The van der Waals surface area contributed by atoms with Crippen molar-refractivity contribution in [1.29, 1.82) is 0 Å². The molecule has 0 saturated heterocycles. The third-order valence-corrected chi connectivity index (χ3v) is 3.59. The molecule has 1 aromatic rings. The van der Waals surface area contributed by atoms with Gasteiger partial charge in [-0.3, -0.25) is 4.79 Å². The number of aromatic amines is 1. The average molecular weight is 275 g/mol. The molecule has 0 spiro atoms. The first-order valence-corrected chi connectivity index (χ1v) is 7.21. The van der Waals surface area contributed by atoms with E-state index in [0.29, 0.717) is 5.92 Å². The average Bonchev–Trinajstić information content (AvgIpc) is 3.03. The minimum atomic E-state index is 0.568. The van der Waals surface area contributed by atoms with E-state index in [1.807, 2.05) is 6.07 Å². The van der Waals surface area contributed by atoms with E-state index >= 15 is 0 Å². The minimum Gasteiger partial charge on any atom is -0.400 e. The van der Waals surface area contributed by atoms with Gasteiger partial charge in [0, 0.05) is 12.8 Å². The number of carbonyl (C=O) groups is 1. The molecule has 0 aliphatic heterocycles. The number of hydrogen-bond donors (Lipinski definition) is 2. The van der Waals surface area contributed by atoms with E-state index in [2.05, 4.69) is 37.1 Å². The Bertz CT molecular complexity index is 483. The van der Waals surface area contributed by atoms with Gasteiger partial charge in [0.25, 0.3) is 0 Å². The van der Waals surface area contributed by atoms with Crippen LogP contribution < -0.4 is 0 Å². The van der Waals surface area contributed by atoms with Gasteiger partial charge in [-0.1, -0.05) is 30.7 Å². The molecule has 1 aliphatic rings. The zero-order valence-corrected chi connectivity index (χ0v) is 12.6. The molecule has 3 nitrogen and oxygen atoms in total. The van der Waals surface area contributed by atoms with Gasteiger partial charge in [-0.2, -0.15) is 0 Å². The second-order valence-electron chi connectivity index (χ2n) is 4.90. The summed E-state index contributed by atoms with van der Waals surface area (Å²) in [7, 11) is 1.00. The monoisotopic (exact) mass is 275 g/mol. The second-order valence-corrected chi connectivity index (χ2v) is 4.90. The third kappa shape index (κ3) is 3.94. The van der Waals surface area contributed by atoms with Crippen LogP contribution in [0.5, 0.6) is 0 Å². The molecule has 1 heterocycles. The van der Waals surface area contributed by atoms with E-state index in [0.717, 1.165) is 38.4 Å². The van der Waals surface area contributed by atoms with Crippen LogP contribution >= 0.6 is 0 Å². The molecule has 1 aromatic heterocycles. The number of aliphatic hydroxyl groups excluding tert-OH is 1. The molecule has 2 rings (SSSR count). The summed E-state index contributed by atoms with van der Waals surface area (Å²) in [6.45, 7) is 4.23. The molecular weight excluding hydrogens is 250 g/mol. The summed E-state index contributed by atoms with van der Waals surface area (Å²) in [5, 5.41) is 7.00. The zero-order valence-electron chi connectivity index (χ0n) is 12.6. The molecule has 0 aromatic carbocycles. The fourth-order valence-corrected chi connectivity index (χ4v) is 2.84. The topological polar surface area (TPSA) is 53.1 Å². The van der Waals surface area contributed by atoms with Crippen molar-refractivity contribution in [2.24, 2.45) is 0 Å². The molecule has 20 heavy (non-hydrogen) atoms. The first-order valence-electron chi connectivity index (χ1n) is 7.21. The van der Waals surface area contributed by atoms with Crippen molar-refractivity contribution < 1.29 is 9.90 Å². The maximum atomic E-state index is 10.8. The summed E-state index contributed by atoms with van der Waals surface area (Å²) in [5.74, 6) is 0.568. The lowest BCUT2D eigenvalue weighted by molar-refractivity contribution is 0.111. The fraction of sp³-hybridized carbons (Fsp3) is 0.471. The highest BCUT2D eigenvalue weighted by atomic mass is 16.2. The summed E-state index contributed by atoms with van der Waals surface area (Å²) in [6.07, 6.45) is 11.9. The van der Waals surface area contributed by atoms with E-state index in [4.69, 9.17) is 5.11 Å².